The van der Waals surface area contributed by atoms with Crippen molar-refractivity contribution in [2.75, 3.05) is 6.54 Å². The topological polar surface area (TPSA) is 12.0 Å². The van der Waals surface area contributed by atoms with E-state index in [0.29, 0.717) is 6.04 Å². The largest absolute Gasteiger partial charge is 0.314 e. The molecule has 72 valence electrons. The molecule has 1 heteroatoms. The maximum absolute atomic E-state index is 3.51. The molecule has 0 bridgehead atoms. The second-order valence-corrected chi connectivity index (χ2v) is 3.36. The van der Waals surface area contributed by atoms with E-state index in [4.69, 9.17) is 0 Å². The molecule has 0 aromatic carbocycles. The Morgan fingerprint density at radius 1 is 1.42 bits per heavy atom. The van der Waals surface area contributed by atoms with Gasteiger partial charge in [-0.15, -0.1) is 0 Å². The van der Waals surface area contributed by atoms with Crippen LogP contribution in [-0.2, 0) is 0 Å². The maximum atomic E-state index is 3.51. The molecule has 0 amide bonds. The zero-order valence-corrected chi connectivity index (χ0v) is 8.77. The van der Waals surface area contributed by atoms with Crippen LogP contribution in [-0.4, -0.2) is 12.6 Å². The van der Waals surface area contributed by atoms with Crippen LogP contribution in [0.5, 0.6) is 0 Å². The fourth-order valence-corrected chi connectivity index (χ4v) is 1.27. The summed E-state index contributed by atoms with van der Waals surface area (Å²) in [7, 11) is 0. The SMILES string of the molecule is C/C=C\CCCNC(C)CCC. The molecule has 0 aliphatic heterocycles. The summed E-state index contributed by atoms with van der Waals surface area (Å²) < 4.78 is 0. The molecule has 0 aromatic rings. The predicted octanol–water partition coefficient (Wildman–Crippen LogP) is 3.12. The minimum Gasteiger partial charge on any atom is -0.314 e. The van der Waals surface area contributed by atoms with Gasteiger partial charge in [0, 0.05) is 6.04 Å². The first-order chi connectivity index (χ1) is 5.81. The third-order valence-corrected chi connectivity index (χ3v) is 2.00. The highest BCUT2D eigenvalue weighted by atomic mass is 14.9. The van der Waals surface area contributed by atoms with E-state index in [1.54, 1.807) is 0 Å². The minimum absolute atomic E-state index is 0.695. The lowest BCUT2D eigenvalue weighted by Gasteiger charge is -2.11. The number of hydrogen-bond acceptors (Lipinski definition) is 1. The number of rotatable bonds is 7. The van der Waals surface area contributed by atoms with Gasteiger partial charge < -0.3 is 5.32 Å². The lowest BCUT2D eigenvalue weighted by atomic mass is 10.2. The van der Waals surface area contributed by atoms with Crippen LogP contribution < -0.4 is 5.32 Å². The number of hydrogen-bond donors (Lipinski definition) is 1. The van der Waals surface area contributed by atoms with Crippen LogP contribution in [0.3, 0.4) is 0 Å². The van der Waals surface area contributed by atoms with Crippen molar-refractivity contribution in [1.29, 1.82) is 0 Å². The van der Waals surface area contributed by atoms with Crippen LogP contribution in [0.2, 0.25) is 0 Å². The molecule has 0 aliphatic carbocycles. The summed E-state index contributed by atoms with van der Waals surface area (Å²) in [5, 5.41) is 3.51. The van der Waals surface area contributed by atoms with Crippen molar-refractivity contribution in [3.63, 3.8) is 0 Å². The Morgan fingerprint density at radius 2 is 2.17 bits per heavy atom. The molecular weight excluding hydrogens is 146 g/mol. The van der Waals surface area contributed by atoms with Gasteiger partial charge in [-0.05, 0) is 39.7 Å². The van der Waals surface area contributed by atoms with Crippen molar-refractivity contribution >= 4 is 0 Å². The highest BCUT2D eigenvalue weighted by Gasteiger charge is 1.96. The maximum Gasteiger partial charge on any atom is 0.00386 e. The molecule has 0 aliphatic rings. The molecule has 1 unspecified atom stereocenters. The van der Waals surface area contributed by atoms with Crippen molar-refractivity contribution < 1.29 is 0 Å². The van der Waals surface area contributed by atoms with E-state index in [9.17, 15) is 0 Å². The van der Waals surface area contributed by atoms with Crippen LogP contribution in [0.15, 0.2) is 12.2 Å². The third kappa shape index (κ3) is 7.80. The quantitative estimate of drug-likeness (QED) is 0.456. The summed E-state index contributed by atoms with van der Waals surface area (Å²) in [6.45, 7) is 7.73. The first kappa shape index (κ1) is 11.7. The predicted molar refractivity (Wildman–Crippen MR) is 56.4 cm³/mol. The zero-order chi connectivity index (χ0) is 9.23. The van der Waals surface area contributed by atoms with Gasteiger partial charge in [-0.2, -0.15) is 0 Å². The lowest BCUT2D eigenvalue weighted by molar-refractivity contribution is 0.503. The van der Waals surface area contributed by atoms with Gasteiger partial charge in [0.2, 0.25) is 0 Å². The molecule has 0 saturated heterocycles. The molecule has 1 atom stereocenters. The fraction of sp³-hybridized carbons (Fsp3) is 0.818. The van der Waals surface area contributed by atoms with Gasteiger partial charge in [0.15, 0.2) is 0 Å². The van der Waals surface area contributed by atoms with Gasteiger partial charge >= 0.3 is 0 Å². The Balaban J connectivity index is 3.08. The third-order valence-electron chi connectivity index (χ3n) is 2.00. The van der Waals surface area contributed by atoms with E-state index >= 15 is 0 Å². The molecule has 0 saturated carbocycles. The van der Waals surface area contributed by atoms with Crippen molar-refractivity contribution in [3.8, 4) is 0 Å². The van der Waals surface area contributed by atoms with E-state index in [1.807, 2.05) is 0 Å². The monoisotopic (exact) mass is 169 g/mol. The van der Waals surface area contributed by atoms with Gasteiger partial charge in [0.05, 0.1) is 0 Å². The Labute approximate surface area is 77.2 Å². The van der Waals surface area contributed by atoms with Crippen molar-refractivity contribution in [2.24, 2.45) is 0 Å². The average Bonchev–Trinajstić information content (AvgIpc) is 2.05. The van der Waals surface area contributed by atoms with Gasteiger partial charge in [0.25, 0.3) is 0 Å². The van der Waals surface area contributed by atoms with Gasteiger partial charge in [0.1, 0.15) is 0 Å². The second-order valence-electron chi connectivity index (χ2n) is 3.36. The molecule has 1 nitrogen and oxygen atoms in total. The van der Waals surface area contributed by atoms with Crippen LogP contribution in [0.1, 0.15) is 46.5 Å². The summed E-state index contributed by atoms with van der Waals surface area (Å²) >= 11 is 0. The summed E-state index contributed by atoms with van der Waals surface area (Å²) in [6.07, 6.45) is 9.40. The van der Waals surface area contributed by atoms with Crippen LogP contribution in [0.25, 0.3) is 0 Å². The molecular formula is C11H23N. The number of nitrogens with one attached hydrogen (secondary N) is 1. The molecule has 0 radical (unpaired) electrons. The van der Waals surface area contributed by atoms with Crippen molar-refractivity contribution in [3.05, 3.63) is 12.2 Å². The van der Waals surface area contributed by atoms with Crippen molar-refractivity contribution in [1.82, 2.24) is 5.32 Å². The summed E-state index contributed by atoms with van der Waals surface area (Å²) in [5.41, 5.74) is 0. The van der Waals surface area contributed by atoms with Gasteiger partial charge in [-0.1, -0.05) is 25.5 Å². The van der Waals surface area contributed by atoms with E-state index < -0.39 is 0 Å². The number of unbranched alkanes of at least 4 members (excludes halogenated alkanes) is 1. The van der Waals surface area contributed by atoms with Crippen LogP contribution in [0.4, 0.5) is 0 Å². The molecule has 12 heavy (non-hydrogen) atoms. The Kier molecular flexibility index (Phi) is 8.57. The second kappa shape index (κ2) is 8.79. The first-order valence-corrected chi connectivity index (χ1v) is 5.15. The normalized spacial score (nSPS) is 13.9. The van der Waals surface area contributed by atoms with E-state index in [-0.39, 0.29) is 0 Å². The standard InChI is InChI=1S/C11H23N/c1-4-6-7-8-10-12-11(3)9-5-2/h4,6,11-12H,5,7-10H2,1-3H3/b6-4-. The summed E-state index contributed by atoms with van der Waals surface area (Å²) in [4.78, 5) is 0. The van der Waals surface area contributed by atoms with Crippen LogP contribution in [0, 0.1) is 0 Å². The molecule has 0 rings (SSSR count). The van der Waals surface area contributed by atoms with E-state index in [1.165, 1.54) is 25.7 Å². The zero-order valence-electron chi connectivity index (χ0n) is 8.77. The Bertz CT molecular complexity index is 108. The lowest BCUT2D eigenvalue weighted by Crippen LogP contribution is -2.26. The first-order valence-electron chi connectivity index (χ1n) is 5.15. The fourth-order valence-electron chi connectivity index (χ4n) is 1.27. The number of allylic oxidation sites excluding steroid dienone is 2. The van der Waals surface area contributed by atoms with E-state index in [2.05, 4.69) is 38.2 Å². The molecule has 0 spiro atoms. The summed E-state index contributed by atoms with van der Waals surface area (Å²) in [6, 6.07) is 0.695. The highest BCUT2D eigenvalue weighted by molar-refractivity contribution is 4.76. The molecule has 0 heterocycles. The van der Waals surface area contributed by atoms with Crippen LogP contribution >= 0.6 is 0 Å². The van der Waals surface area contributed by atoms with Crippen molar-refractivity contribution in [2.45, 2.75) is 52.5 Å². The minimum atomic E-state index is 0.695. The van der Waals surface area contributed by atoms with Gasteiger partial charge in [-0.3, -0.25) is 0 Å². The molecule has 1 N–H and O–H groups in total. The molecule has 0 fully saturated rings. The average molecular weight is 169 g/mol. The smallest absolute Gasteiger partial charge is 0.00386 e. The Hall–Kier alpha value is -0.300. The molecule has 0 aromatic heterocycles. The Morgan fingerprint density at radius 3 is 2.75 bits per heavy atom. The highest BCUT2D eigenvalue weighted by Crippen LogP contribution is 1.95. The van der Waals surface area contributed by atoms with E-state index in [0.717, 1.165) is 6.54 Å². The van der Waals surface area contributed by atoms with Gasteiger partial charge in [-0.25, -0.2) is 0 Å². The summed E-state index contributed by atoms with van der Waals surface area (Å²) in [5.74, 6) is 0.